The van der Waals surface area contributed by atoms with Gasteiger partial charge in [-0.25, -0.2) is 0 Å². The second-order valence-corrected chi connectivity index (χ2v) is 6.71. The summed E-state index contributed by atoms with van der Waals surface area (Å²) in [6.45, 7) is 7.98. The van der Waals surface area contributed by atoms with Gasteiger partial charge in [-0.2, -0.15) is 0 Å². The molecule has 2 heterocycles. The maximum Gasteiger partial charge on any atom is 0.0829 e. The molecule has 3 fully saturated rings. The molecule has 3 aliphatic rings. The predicted molar refractivity (Wildman–Crippen MR) is 77.4 cm³/mol. The number of piperidine rings is 1. The summed E-state index contributed by atoms with van der Waals surface area (Å²) in [4.78, 5) is 5.02. The summed E-state index contributed by atoms with van der Waals surface area (Å²) < 4.78 is 5.90. The monoisotopic (exact) mass is 267 g/mol. The van der Waals surface area contributed by atoms with E-state index in [2.05, 4.69) is 22.2 Å². The van der Waals surface area contributed by atoms with Crippen LogP contribution < -0.4 is 5.32 Å². The minimum atomic E-state index is 0.425. The molecule has 0 radical (unpaired) electrons. The molecule has 2 aliphatic heterocycles. The van der Waals surface area contributed by atoms with E-state index in [-0.39, 0.29) is 0 Å². The van der Waals surface area contributed by atoms with Gasteiger partial charge in [-0.3, -0.25) is 0 Å². The topological polar surface area (TPSA) is 27.7 Å². The average Bonchev–Trinajstić information content (AvgIpc) is 3.21. The quantitative estimate of drug-likeness (QED) is 0.797. The Hall–Kier alpha value is -0.160. The Morgan fingerprint density at radius 1 is 1.16 bits per heavy atom. The molecule has 2 saturated heterocycles. The van der Waals surface area contributed by atoms with Gasteiger partial charge in [0.15, 0.2) is 0 Å². The normalized spacial score (nSPS) is 34.6. The Balaban J connectivity index is 1.39. The maximum atomic E-state index is 5.90. The SMILES string of the molecule is CN1CCOC(CN2CCCC(CNC3CC3)C2)C1. The lowest BCUT2D eigenvalue weighted by Crippen LogP contribution is -2.49. The predicted octanol–water partition coefficient (Wildman–Crippen LogP) is 0.781. The van der Waals surface area contributed by atoms with Crippen LogP contribution >= 0.6 is 0 Å². The Labute approximate surface area is 117 Å². The highest BCUT2D eigenvalue weighted by Crippen LogP contribution is 2.21. The summed E-state index contributed by atoms with van der Waals surface area (Å²) in [5.41, 5.74) is 0. The average molecular weight is 267 g/mol. The van der Waals surface area contributed by atoms with E-state index in [0.717, 1.165) is 38.2 Å². The van der Waals surface area contributed by atoms with E-state index in [9.17, 15) is 0 Å². The van der Waals surface area contributed by atoms with Gasteiger partial charge in [-0.05, 0) is 51.7 Å². The van der Waals surface area contributed by atoms with Gasteiger partial charge in [-0.1, -0.05) is 0 Å². The van der Waals surface area contributed by atoms with Crippen LogP contribution in [0.1, 0.15) is 25.7 Å². The molecule has 0 bridgehead atoms. The summed E-state index contributed by atoms with van der Waals surface area (Å²) in [5.74, 6) is 0.857. The fourth-order valence-electron chi connectivity index (χ4n) is 3.37. The van der Waals surface area contributed by atoms with E-state index < -0.39 is 0 Å². The molecule has 0 aromatic heterocycles. The number of nitrogens with zero attached hydrogens (tertiary/aromatic N) is 2. The molecule has 0 spiro atoms. The third-order valence-electron chi connectivity index (χ3n) is 4.68. The van der Waals surface area contributed by atoms with Crippen LogP contribution in [0.15, 0.2) is 0 Å². The van der Waals surface area contributed by atoms with Crippen LogP contribution in [0.5, 0.6) is 0 Å². The molecule has 0 amide bonds. The lowest BCUT2D eigenvalue weighted by Gasteiger charge is -2.37. The van der Waals surface area contributed by atoms with Gasteiger partial charge in [0.05, 0.1) is 12.7 Å². The van der Waals surface area contributed by atoms with Crippen molar-refractivity contribution in [1.29, 1.82) is 0 Å². The molecule has 3 rings (SSSR count). The summed E-state index contributed by atoms with van der Waals surface area (Å²) in [6, 6.07) is 0.853. The van der Waals surface area contributed by atoms with Crippen molar-refractivity contribution >= 4 is 0 Å². The smallest absolute Gasteiger partial charge is 0.0829 e. The van der Waals surface area contributed by atoms with Crippen molar-refractivity contribution in [2.24, 2.45) is 5.92 Å². The maximum absolute atomic E-state index is 5.90. The molecule has 110 valence electrons. The minimum Gasteiger partial charge on any atom is -0.374 e. The van der Waals surface area contributed by atoms with Gasteiger partial charge in [0.1, 0.15) is 0 Å². The number of likely N-dealkylation sites (N-methyl/N-ethyl adjacent to an activating group) is 1. The number of likely N-dealkylation sites (tertiary alicyclic amines) is 1. The van der Waals surface area contributed by atoms with Gasteiger partial charge < -0.3 is 19.9 Å². The number of rotatable bonds is 5. The molecule has 4 nitrogen and oxygen atoms in total. The first kappa shape index (κ1) is 13.8. The van der Waals surface area contributed by atoms with Gasteiger partial charge in [0, 0.05) is 32.2 Å². The van der Waals surface area contributed by atoms with Crippen molar-refractivity contribution in [2.45, 2.75) is 37.8 Å². The van der Waals surface area contributed by atoms with E-state index in [1.165, 1.54) is 45.3 Å². The minimum absolute atomic E-state index is 0.425. The highest BCUT2D eigenvalue weighted by Gasteiger charge is 2.27. The summed E-state index contributed by atoms with van der Waals surface area (Å²) >= 11 is 0. The molecular weight excluding hydrogens is 238 g/mol. The van der Waals surface area contributed by atoms with Crippen LogP contribution in [-0.2, 0) is 4.74 Å². The molecule has 1 saturated carbocycles. The fourth-order valence-corrected chi connectivity index (χ4v) is 3.37. The van der Waals surface area contributed by atoms with Crippen molar-refractivity contribution in [1.82, 2.24) is 15.1 Å². The van der Waals surface area contributed by atoms with Crippen LogP contribution in [0.2, 0.25) is 0 Å². The first-order chi connectivity index (χ1) is 9.29. The summed E-state index contributed by atoms with van der Waals surface area (Å²) in [5, 5.41) is 3.69. The zero-order valence-electron chi connectivity index (χ0n) is 12.3. The van der Waals surface area contributed by atoms with Gasteiger partial charge >= 0.3 is 0 Å². The number of hydrogen-bond acceptors (Lipinski definition) is 4. The van der Waals surface area contributed by atoms with Crippen molar-refractivity contribution in [3.8, 4) is 0 Å². The highest BCUT2D eigenvalue weighted by atomic mass is 16.5. The van der Waals surface area contributed by atoms with Crippen LogP contribution in [0.25, 0.3) is 0 Å². The van der Waals surface area contributed by atoms with E-state index in [1.54, 1.807) is 0 Å². The second kappa shape index (κ2) is 6.53. The standard InChI is InChI=1S/C15H29N3O/c1-17-7-8-19-15(11-17)12-18-6-2-3-13(10-18)9-16-14-4-5-14/h13-16H,2-12H2,1H3. The molecule has 2 unspecified atom stereocenters. The van der Waals surface area contributed by atoms with Crippen molar-refractivity contribution < 1.29 is 4.74 Å². The molecule has 1 aliphatic carbocycles. The fraction of sp³-hybridized carbons (Fsp3) is 1.00. The van der Waals surface area contributed by atoms with Crippen LogP contribution in [0.4, 0.5) is 0 Å². The largest absolute Gasteiger partial charge is 0.374 e. The van der Waals surface area contributed by atoms with Crippen molar-refractivity contribution in [3.63, 3.8) is 0 Å². The first-order valence-corrected chi connectivity index (χ1v) is 8.05. The second-order valence-electron chi connectivity index (χ2n) is 6.71. The van der Waals surface area contributed by atoms with Gasteiger partial charge in [0.25, 0.3) is 0 Å². The lowest BCUT2D eigenvalue weighted by molar-refractivity contribution is -0.0403. The van der Waals surface area contributed by atoms with Crippen LogP contribution in [0.3, 0.4) is 0 Å². The lowest BCUT2D eigenvalue weighted by atomic mass is 9.97. The Bertz CT molecular complexity index is 283. The number of ether oxygens (including phenoxy) is 1. The molecule has 2 atom stereocenters. The van der Waals surface area contributed by atoms with E-state index in [0.29, 0.717) is 6.10 Å². The number of morpholine rings is 1. The number of nitrogens with one attached hydrogen (secondary N) is 1. The van der Waals surface area contributed by atoms with Crippen molar-refractivity contribution in [2.75, 3.05) is 52.9 Å². The first-order valence-electron chi connectivity index (χ1n) is 8.05. The van der Waals surface area contributed by atoms with Crippen LogP contribution in [-0.4, -0.2) is 74.9 Å². The van der Waals surface area contributed by atoms with Crippen LogP contribution in [0, 0.1) is 5.92 Å². The van der Waals surface area contributed by atoms with E-state index in [1.807, 2.05) is 0 Å². The zero-order valence-corrected chi connectivity index (χ0v) is 12.3. The molecule has 19 heavy (non-hydrogen) atoms. The Morgan fingerprint density at radius 3 is 2.84 bits per heavy atom. The van der Waals surface area contributed by atoms with Gasteiger partial charge in [-0.15, -0.1) is 0 Å². The zero-order chi connectivity index (χ0) is 13.1. The van der Waals surface area contributed by atoms with E-state index in [4.69, 9.17) is 4.74 Å². The Morgan fingerprint density at radius 2 is 2.05 bits per heavy atom. The number of hydrogen-bond donors (Lipinski definition) is 1. The third kappa shape index (κ3) is 4.42. The summed E-state index contributed by atoms with van der Waals surface area (Å²) in [7, 11) is 2.20. The van der Waals surface area contributed by atoms with Gasteiger partial charge in [0.2, 0.25) is 0 Å². The third-order valence-corrected chi connectivity index (χ3v) is 4.68. The summed E-state index contributed by atoms with van der Waals surface area (Å²) in [6.07, 6.45) is 5.99. The molecule has 4 heteroatoms. The Kier molecular flexibility index (Phi) is 4.74. The van der Waals surface area contributed by atoms with Crippen molar-refractivity contribution in [3.05, 3.63) is 0 Å². The highest BCUT2D eigenvalue weighted by molar-refractivity contribution is 4.84. The van der Waals surface area contributed by atoms with E-state index >= 15 is 0 Å². The molecule has 0 aromatic rings. The molecule has 0 aromatic carbocycles. The molecular formula is C15H29N3O. The molecule has 1 N–H and O–H groups in total.